The second kappa shape index (κ2) is 6.00. The van der Waals surface area contributed by atoms with Gasteiger partial charge in [0, 0.05) is 11.0 Å². The van der Waals surface area contributed by atoms with Gasteiger partial charge < -0.3 is 10.2 Å². The van der Waals surface area contributed by atoms with E-state index in [9.17, 15) is 13.2 Å². The summed E-state index contributed by atoms with van der Waals surface area (Å²) in [6, 6.07) is 2.42. The first kappa shape index (κ1) is 16.1. The second-order valence-electron chi connectivity index (χ2n) is 4.08. The zero-order valence-corrected chi connectivity index (χ0v) is 12.7. The number of benzene rings is 1. The Morgan fingerprint density at radius 3 is 2.53 bits per heavy atom. The van der Waals surface area contributed by atoms with Crippen LogP contribution in [0.4, 0.5) is 0 Å². The molecule has 3 N–H and O–H groups in total. The van der Waals surface area contributed by atoms with Crippen molar-refractivity contribution in [3.05, 3.63) is 27.7 Å². The minimum Gasteiger partial charge on any atom is -0.478 e. The van der Waals surface area contributed by atoms with E-state index in [4.69, 9.17) is 10.2 Å². The Hall–Kier alpha value is -0.960. The van der Waals surface area contributed by atoms with Crippen LogP contribution in [0.3, 0.4) is 0 Å². The van der Waals surface area contributed by atoms with E-state index < -0.39 is 22.1 Å². The molecule has 0 aliphatic carbocycles. The molecule has 0 spiro atoms. The standard InChI is InChI=1S/C11H14BrNO5S/c1-6(14)5-13-19(17,18)8-3-9(11(15)16)7(2)10(12)4-8/h3-4,6,13-14H,5H2,1-2H3,(H,15,16). The lowest BCUT2D eigenvalue weighted by Crippen LogP contribution is -2.30. The van der Waals surface area contributed by atoms with E-state index >= 15 is 0 Å². The molecule has 1 unspecified atom stereocenters. The molecule has 0 bridgehead atoms. The molecule has 0 saturated carbocycles. The molecule has 0 aliphatic heterocycles. The predicted octanol–water partition coefficient (Wildman–Crippen LogP) is 1.11. The Balaban J connectivity index is 3.25. The molecule has 0 radical (unpaired) electrons. The smallest absolute Gasteiger partial charge is 0.336 e. The number of rotatable bonds is 5. The number of halogens is 1. The minimum absolute atomic E-state index is 0.0909. The number of hydrogen-bond acceptors (Lipinski definition) is 4. The van der Waals surface area contributed by atoms with Crippen molar-refractivity contribution in [1.29, 1.82) is 0 Å². The van der Waals surface area contributed by atoms with E-state index in [0.29, 0.717) is 10.0 Å². The molecule has 0 heterocycles. The molecule has 106 valence electrons. The van der Waals surface area contributed by atoms with Gasteiger partial charge in [0.05, 0.1) is 16.6 Å². The van der Waals surface area contributed by atoms with Gasteiger partial charge in [-0.25, -0.2) is 17.9 Å². The number of sulfonamides is 1. The van der Waals surface area contributed by atoms with Crippen LogP contribution in [0.2, 0.25) is 0 Å². The highest BCUT2D eigenvalue weighted by atomic mass is 79.9. The van der Waals surface area contributed by atoms with E-state index in [1.54, 1.807) is 6.92 Å². The fourth-order valence-corrected chi connectivity index (χ4v) is 3.13. The first-order chi connectivity index (χ1) is 8.65. The van der Waals surface area contributed by atoms with E-state index in [2.05, 4.69) is 20.7 Å². The lowest BCUT2D eigenvalue weighted by atomic mass is 10.1. The summed E-state index contributed by atoms with van der Waals surface area (Å²) in [5, 5.41) is 18.1. The lowest BCUT2D eigenvalue weighted by molar-refractivity contribution is 0.0695. The fourth-order valence-electron chi connectivity index (χ4n) is 1.34. The van der Waals surface area contributed by atoms with Crippen molar-refractivity contribution < 1.29 is 23.4 Å². The molecule has 1 aromatic rings. The van der Waals surface area contributed by atoms with Gasteiger partial charge in [0.15, 0.2) is 0 Å². The van der Waals surface area contributed by atoms with Crippen molar-refractivity contribution in [3.8, 4) is 0 Å². The molecular weight excluding hydrogens is 338 g/mol. The zero-order valence-electron chi connectivity index (χ0n) is 10.3. The van der Waals surface area contributed by atoms with Crippen molar-refractivity contribution in [2.45, 2.75) is 24.8 Å². The number of carboxylic acids is 1. The number of nitrogens with one attached hydrogen (secondary N) is 1. The first-order valence-corrected chi connectivity index (χ1v) is 7.64. The Morgan fingerprint density at radius 1 is 1.47 bits per heavy atom. The number of aliphatic hydroxyl groups is 1. The summed E-state index contributed by atoms with van der Waals surface area (Å²) in [4.78, 5) is 10.9. The number of aromatic carboxylic acids is 1. The average molecular weight is 352 g/mol. The van der Waals surface area contributed by atoms with E-state index in [-0.39, 0.29) is 17.0 Å². The largest absolute Gasteiger partial charge is 0.478 e. The van der Waals surface area contributed by atoms with Crippen LogP contribution in [-0.2, 0) is 10.0 Å². The number of hydrogen-bond donors (Lipinski definition) is 3. The third-order valence-electron chi connectivity index (χ3n) is 2.43. The van der Waals surface area contributed by atoms with Crippen LogP contribution in [0, 0.1) is 6.92 Å². The van der Waals surface area contributed by atoms with E-state index in [1.807, 2.05) is 0 Å². The van der Waals surface area contributed by atoms with Gasteiger partial charge in [-0.3, -0.25) is 0 Å². The van der Waals surface area contributed by atoms with Crippen LogP contribution in [0.5, 0.6) is 0 Å². The van der Waals surface area contributed by atoms with Gasteiger partial charge in [0.1, 0.15) is 0 Å². The van der Waals surface area contributed by atoms with Crippen molar-refractivity contribution in [1.82, 2.24) is 4.72 Å². The molecule has 1 atom stereocenters. The van der Waals surface area contributed by atoms with Crippen LogP contribution in [0.15, 0.2) is 21.5 Å². The second-order valence-corrected chi connectivity index (χ2v) is 6.71. The molecule has 0 aliphatic rings. The van der Waals surface area contributed by atoms with Crippen LogP contribution in [0.1, 0.15) is 22.8 Å². The summed E-state index contributed by atoms with van der Waals surface area (Å²) >= 11 is 3.13. The molecule has 19 heavy (non-hydrogen) atoms. The monoisotopic (exact) mass is 351 g/mol. The Kier molecular flexibility index (Phi) is 5.08. The fraction of sp³-hybridized carbons (Fsp3) is 0.364. The van der Waals surface area contributed by atoms with Crippen molar-refractivity contribution in [3.63, 3.8) is 0 Å². The molecule has 0 aromatic heterocycles. The Labute approximate surface area is 119 Å². The third-order valence-corrected chi connectivity index (χ3v) is 4.65. The van der Waals surface area contributed by atoms with Crippen LogP contribution in [0.25, 0.3) is 0 Å². The molecule has 0 fully saturated rings. The van der Waals surface area contributed by atoms with Gasteiger partial charge in [-0.15, -0.1) is 0 Å². The number of carboxylic acid groups (broad SMARTS) is 1. The molecule has 0 amide bonds. The topological polar surface area (TPSA) is 104 Å². The van der Waals surface area contributed by atoms with Crippen LogP contribution < -0.4 is 4.72 Å². The molecule has 1 rings (SSSR count). The molecule has 1 aromatic carbocycles. The SMILES string of the molecule is Cc1c(Br)cc(S(=O)(=O)NCC(C)O)cc1C(=O)O. The van der Waals surface area contributed by atoms with Crippen molar-refractivity contribution >= 4 is 31.9 Å². The summed E-state index contributed by atoms with van der Waals surface area (Å²) < 4.78 is 26.5. The molecule has 0 saturated heterocycles. The van der Waals surface area contributed by atoms with E-state index in [0.717, 1.165) is 6.07 Å². The maximum Gasteiger partial charge on any atom is 0.336 e. The highest BCUT2D eigenvalue weighted by Crippen LogP contribution is 2.24. The summed E-state index contributed by atoms with van der Waals surface area (Å²) in [6.07, 6.45) is -0.831. The Morgan fingerprint density at radius 2 is 2.05 bits per heavy atom. The van der Waals surface area contributed by atoms with Crippen molar-refractivity contribution in [2.24, 2.45) is 0 Å². The quantitative estimate of drug-likeness (QED) is 0.737. The maximum atomic E-state index is 11.9. The third kappa shape index (κ3) is 4.00. The summed E-state index contributed by atoms with van der Waals surface area (Å²) in [5.41, 5.74) is 0.355. The highest BCUT2D eigenvalue weighted by Gasteiger charge is 2.20. The van der Waals surface area contributed by atoms with Gasteiger partial charge >= 0.3 is 5.97 Å². The lowest BCUT2D eigenvalue weighted by Gasteiger charge is -2.11. The number of aliphatic hydroxyl groups excluding tert-OH is 1. The normalized spacial score (nSPS) is 13.3. The molecule has 8 heteroatoms. The minimum atomic E-state index is -3.85. The van der Waals surface area contributed by atoms with Gasteiger partial charge in [0.25, 0.3) is 0 Å². The van der Waals surface area contributed by atoms with Gasteiger partial charge in [0.2, 0.25) is 10.0 Å². The van der Waals surface area contributed by atoms with E-state index in [1.165, 1.54) is 13.0 Å². The average Bonchev–Trinajstić information content (AvgIpc) is 2.29. The van der Waals surface area contributed by atoms with Crippen molar-refractivity contribution in [2.75, 3.05) is 6.54 Å². The van der Waals surface area contributed by atoms with Gasteiger partial charge in [-0.05, 0) is 31.5 Å². The van der Waals surface area contributed by atoms with Crippen LogP contribution in [-0.4, -0.2) is 37.2 Å². The van der Waals surface area contributed by atoms with Crippen LogP contribution >= 0.6 is 15.9 Å². The predicted molar refractivity (Wildman–Crippen MR) is 72.7 cm³/mol. The summed E-state index contributed by atoms with van der Waals surface area (Å²) in [5.74, 6) is -1.20. The molecular formula is C11H14BrNO5S. The Bertz CT molecular complexity index is 597. The van der Waals surface area contributed by atoms with Gasteiger partial charge in [-0.2, -0.15) is 0 Å². The maximum absolute atomic E-state index is 11.9. The highest BCUT2D eigenvalue weighted by molar-refractivity contribution is 9.10. The summed E-state index contributed by atoms with van der Waals surface area (Å²) in [7, 11) is -3.85. The zero-order chi connectivity index (χ0) is 14.8. The number of carbonyl (C=O) groups is 1. The first-order valence-electron chi connectivity index (χ1n) is 5.36. The summed E-state index contributed by atoms with van der Waals surface area (Å²) in [6.45, 7) is 2.87. The van der Waals surface area contributed by atoms with Gasteiger partial charge in [-0.1, -0.05) is 15.9 Å². The molecule has 6 nitrogen and oxygen atoms in total.